The minimum absolute atomic E-state index is 0. The Morgan fingerprint density at radius 3 is 1.43 bits per heavy atom. The minimum Gasteiger partial charge on any atom is -0.726 e. The van der Waals surface area contributed by atoms with Gasteiger partial charge in [-0.1, -0.05) is 0 Å². The summed E-state index contributed by atoms with van der Waals surface area (Å²) in [6.07, 6.45) is 0. The van der Waals surface area contributed by atoms with Crippen molar-refractivity contribution in [2.45, 2.75) is 0 Å². The zero-order chi connectivity index (χ0) is 4.50. The predicted molar refractivity (Wildman–Crippen MR) is 15.9 cm³/mol. The van der Waals surface area contributed by atoms with Gasteiger partial charge >= 0.3 is 29.6 Å². The van der Waals surface area contributed by atoms with Gasteiger partial charge in [-0.15, -0.1) is 0 Å². The fourth-order valence-electron chi connectivity index (χ4n) is 0. The van der Waals surface area contributed by atoms with E-state index in [2.05, 4.69) is 0 Å². The van der Waals surface area contributed by atoms with Gasteiger partial charge in [0.15, 0.2) is 0 Å². The van der Waals surface area contributed by atoms with Crippen molar-refractivity contribution in [3.8, 4) is 0 Å². The summed E-state index contributed by atoms with van der Waals surface area (Å²) in [4.78, 5) is 0. The summed E-state index contributed by atoms with van der Waals surface area (Å²) in [5.41, 5.74) is 0. The molecule has 0 bridgehead atoms. The molecule has 0 aromatic heterocycles. The summed E-state index contributed by atoms with van der Waals surface area (Å²) in [6, 6.07) is 0. The van der Waals surface area contributed by atoms with E-state index in [0.717, 1.165) is 0 Å². The molecular formula is H3NaO5S. The van der Waals surface area contributed by atoms with Gasteiger partial charge in [0.25, 0.3) is 0 Å². The molecule has 7 heteroatoms. The standard InChI is InChI=1S/Na.H2O4S.H2O/c;1-5(2,3)4;/h;(H2,1,2,3,4);1H2/q+1;;/p-1. The molecule has 7 heavy (non-hydrogen) atoms. The monoisotopic (exact) mass is 138 g/mol. The van der Waals surface area contributed by atoms with E-state index < -0.39 is 10.4 Å². The molecule has 0 amide bonds. The van der Waals surface area contributed by atoms with Gasteiger partial charge in [-0.05, 0) is 0 Å². The molecule has 0 rings (SSSR count). The molecule has 0 radical (unpaired) electrons. The van der Waals surface area contributed by atoms with Crippen molar-refractivity contribution >= 4 is 10.4 Å². The third kappa shape index (κ3) is 231. The summed E-state index contributed by atoms with van der Waals surface area (Å²) >= 11 is 0. The van der Waals surface area contributed by atoms with E-state index >= 15 is 0 Å². The second-order valence-corrected chi connectivity index (χ2v) is 1.28. The second-order valence-electron chi connectivity index (χ2n) is 0.428. The van der Waals surface area contributed by atoms with E-state index in [1.165, 1.54) is 0 Å². The molecule has 0 aliphatic carbocycles. The van der Waals surface area contributed by atoms with Gasteiger partial charge in [-0.25, -0.2) is 8.42 Å². The molecule has 0 heterocycles. The first-order chi connectivity index (χ1) is 2.00. The Balaban J connectivity index is -0.0000000800. The Labute approximate surface area is 62.9 Å². The summed E-state index contributed by atoms with van der Waals surface area (Å²) in [7, 11) is -4.92. The molecular weight excluding hydrogens is 135 g/mol. The zero-order valence-corrected chi connectivity index (χ0v) is 6.40. The Morgan fingerprint density at radius 2 is 1.43 bits per heavy atom. The molecule has 0 fully saturated rings. The van der Waals surface area contributed by atoms with E-state index in [1.54, 1.807) is 0 Å². The van der Waals surface area contributed by atoms with E-state index in [4.69, 9.17) is 17.5 Å². The second kappa shape index (κ2) is 4.98. The van der Waals surface area contributed by atoms with Crippen LogP contribution in [0.5, 0.6) is 0 Å². The average molecular weight is 138 g/mol. The predicted octanol–water partition coefficient (Wildman–Crippen LogP) is -4.82. The fraction of sp³-hybridized carbons (Fsp3) is 0. The molecule has 0 unspecified atom stereocenters. The van der Waals surface area contributed by atoms with E-state index in [-0.39, 0.29) is 35.0 Å². The van der Waals surface area contributed by atoms with Gasteiger partial charge in [-0.3, -0.25) is 4.55 Å². The fourth-order valence-corrected chi connectivity index (χ4v) is 0. The Morgan fingerprint density at radius 1 is 1.43 bits per heavy atom. The van der Waals surface area contributed by atoms with E-state index in [9.17, 15) is 0 Å². The van der Waals surface area contributed by atoms with Crippen LogP contribution in [-0.4, -0.2) is 23.0 Å². The van der Waals surface area contributed by atoms with Crippen LogP contribution in [-0.2, 0) is 10.4 Å². The molecule has 0 aliphatic rings. The van der Waals surface area contributed by atoms with Crippen LogP contribution in [0.25, 0.3) is 0 Å². The quantitative estimate of drug-likeness (QED) is 0.206. The van der Waals surface area contributed by atoms with E-state index in [1.807, 2.05) is 0 Å². The van der Waals surface area contributed by atoms with Crippen molar-refractivity contribution in [1.29, 1.82) is 0 Å². The van der Waals surface area contributed by atoms with Crippen LogP contribution >= 0.6 is 0 Å². The van der Waals surface area contributed by atoms with E-state index in [0.29, 0.717) is 0 Å². The number of hydrogen-bond donors (Lipinski definition) is 1. The molecule has 0 atom stereocenters. The maximum atomic E-state index is 8.63. The normalized spacial score (nSPS) is 8.29. The molecule has 5 nitrogen and oxygen atoms in total. The third-order valence-corrected chi connectivity index (χ3v) is 0. The van der Waals surface area contributed by atoms with Crippen LogP contribution in [0.15, 0.2) is 0 Å². The third-order valence-electron chi connectivity index (χ3n) is 0. The zero-order valence-electron chi connectivity index (χ0n) is 3.58. The SMILES string of the molecule is O.O=S(=O)([O-])O.[Na+]. The van der Waals surface area contributed by atoms with Gasteiger partial charge in [0, 0.05) is 0 Å². The summed E-state index contributed by atoms with van der Waals surface area (Å²) in [5.74, 6) is 0. The van der Waals surface area contributed by atoms with Gasteiger partial charge in [0.1, 0.15) is 0 Å². The number of hydrogen-bond acceptors (Lipinski definition) is 3. The first-order valence-electron chi connectivity index (χ1n) is 0.683. The first kappa shape index (κ1) is 15.7. The topological polar surface area (TPSA) is 109 Å². The van der Waals surface area contributed by atoms with Gasteiger partial charge in [0.2, 0.25) is 10.4 Å². The van der Waals surface area contributed by atoms with Crippen LogP contribution in [0, 0.1) is 0 Å². The molecule has 0 aromatic carbocycles. The molecule has 0 saturated heterocycles. The molecule has 0 aliphatic heterocycles. The van der Waals surface area contributed by atoms with Crippen molar-refractivity contribution < 1.29 is 52.6 Å². The Hall–Kier alpha value is 0.830. The van der Waals surface area contributed by atoms with Crippen molar-refractivity contribution in [1.82, 2.24) is 0 Å². The molecule has 0 saturated carbocycles. The largest absolute Gasteiger partial charge is 1.00 e. The molecule has 40 valence electrons. The molecule has 0 spiro atoms. The summed E-state index contributed by atoms with van der Waals surface area (Å²) < 4.78 is 32.8. The summed E-state index contributed by atoms with van der Waals surface area (Å²) in [6.45, 7) is 0. The maximum Gasteiger partial charge on any atom is 1.00 e. The van der Waals surface area contributed by atoms with Gasteiger partial charge in [-0.2, -0.15) is 0 Å². The first-order valence-corrected chi connectivity index (χ1v) is 2.05. The Bertz CT molecular complexity index is 91.2. The van der Waals surface area contributed by atoms with Gasteiger partial charge in [0.05, 0.1) is 0 Å². The van der Waals surface area contributed by atoms with Crippen molar-refractivity contribution in [2.24, 2.45) is 0 Å². The smallest absolute Gasteiger partial charge is 0.726 e. The van der Waals surface area contributed by atoms with Crippen molar-refractivity contribution in [3.63, 3.8) is 0 Å². The number of rotatable bonds is 0. The average Bonchev–Trinajstić information content (AvgIpc) is 0.722. The van der Waals surface area contributed by atoms with Crippen LogP contribution in [0.1, 0.15) is 0 Å². The van der Waals surface area contributed by atoms with Crippen molar-refractivity contribution in [2.75, 3.05) is 0 Å². The Kier molecular flexibility index (Phi) is 11.1. The minimum atomic E-state index is -4.92. The molecule has 3 N–H and O–H groups in total. The maximum absolute atomic E-state index is 8.63. The summed E-state index contributed by atoms with van der Waals surface area (Å²) in [5, 5.41) is 0. The molecule has 0 aromatic rings. The van der Waals surface area contributed by atoms with Gasteiger partial charge < -0.3 is 10.0 Å². The van der Waals surface area contributed by atoms with Crippen LogP contribution in [0.3, 0.4) is 0 Å². The van der Waals surface area contributed by atoms with Crippen LogP contribution in [0.4, 0.5) is 0 Å². The van der Waals surface area contributed by atoms with Crippen LogP contribution < -0.4 is 29.6 Å². The van der Waals surface area contributed by atoms with Crippen LogP contribution in [0.2, 0.25) is 0 Å². The van der Waals surface area contributed by atoms with Crippen molar-refractivity contribution in [3.05, 3.63) is 0 Å².